The van der Waals surface area contributed by atoms with Crippen LogP contribution in [0.25, 0.3) is 0 Å². The van der Waals surface area contributed by atoms with Crippen molar-refractivity contribution in [1.82, 2.24) is 0 Å². The zero-order valence-corrected chi connectivity index (χ0v) is 12.3. The van der Waals surface area contributed by atoms with Gasteiger partial charge in [0.05, 0.1) is 0 Å². The molecule has 0 nitrogen and oxygen atoms in total. The molecule has 3 rings (SSSR count). The topological polar surface area (TPSA) is 0 Å². The molecule has 0 saturated heterocycles. The molecule has 3 aromatic rings. The van der Waals surface area contributed by atoms with Crippen LogP contribution in [0.4, 0.5) is 0 Å². The molecule has 0 aliphatic carbocycles. The van der Waals surface area contributed by atoms with Crippen molar-refractivity contribution in [2.24, 2.45) is 0 Å². The molecule has 1 heteroatoms. The standard InChI is InChI=1S/3C5H5.Ce/c3*1-2-4-5-3-1;/h3*1-5H;/q3*-1;+3. The van der Waals surface area contributed by atoms with Gasteiger partial charge in [-0.15, -0.1) is 0 Å². The second-order valence-corrected chi connectivity index (χ2v) is 2.89. The van der Waals surface area contributed by atoms with Crippen LogP contribution < -0.4 is 0 Å². The molecule has 79 valence electrons. The summed E-state index contributed by atoms with van der Waals surface area (Å²) in [5.74, 6) is 0. The van der Waals surface area contributed by atoms with Gasteiger partial charge in [-0.05, 0) is 0 Å². The second kappa shape index (κ2) is 12.5. The van der Waals surface area contributed by atoms with Gasteiger partial charge in [0.15, 0.2) is 0 Å². The SMILES string of the molecule is [Ce+3].c1cc[cH-]c1.c1cc[cH-]c1.c1cc[cH-]c1. The van der Waals surface area contributed by atoms with Gasteiger partial charge >= 0.3 is 41.7 Å². The fourth-order valence-corrected chi connectivity index (χ4v) is 0.962. The summed E-state index contributed by atoms with van der Waals surface area (Å²) < 4.78 is 0. The maximum Gasteiger partial charge on any atom is 3.00 e. The Labute approximate surface area is 131 Å². The summed E-state index contributed by atoms with van der Waals surface area (Å²) in [6, 6.07) is 30.0. The first kappa shape index (κ1) is 15.4. The first-order chi connectivity index (χ1) is 7.50. The minimum absolute atomic E-state index is 0. The average molecular weight is 335 g/mol. The molecule has 0 heterocycles. The fourth-order valence-electron chi connectivity index (χ4n) is 0.962. The Hall–Kier alpha value is -0.573. The van der Waals surface area contributed by atoms with Crippen molar-refractivity contribution in [2.45, 2.75) is 0 Å². The molecular formula is C15H15Ce. The maximum absolute atomic E-state index is 2.00. The van der Waals surface area contributed by atoms with Gasteiger partial charge in [0.2, 0.25) is 0 Å². The molecule has 0 unspecified atom stereocenters. The van der Waals surface area contributed by atoms with E-state index in [-0.39, 0.29) is 41.7 Å². The Morgan fingerprint density at radius 2 is 0.562 bits per heavy atom. The zero-order valence-electron chi connectivity index (χ0n) is 9.16. The van der Waals surface area contributed by atoms with Crippen LogP contribution in [0.3, 0.4) is 0 Å². The van der Waals surface area contributed by atoms with E-state index in [2.05, 4.69) is 0 Å². The van der Waals surface area contributed by atoms with Crippen LogP contribution in [-0.4, -0.2) is 0 Å². The molecule has 0 N–H and O–H groups in total. The minimum atomic E-state index is 0. The summed E-state index contributed by atoms with van der Waals surface area (Å²) in [5.41, 5.74) is 0. The van der Waals surface area contributed by atoms with Crippen LogP contribution >= 0.6 is 0 Å². The summed E-state index contributed by atoms with van der Waals surface area (Å²) in [4.78, 5) is 0. The molecule has 0 aliphatic heterocycles. The van der Waals surface area contributed by atoms with Gasteiger partial charge in [0.25, 0.3) is 0 Å². The van der Waals surface area contributed by atoms with Crippen LogP contribution in [0, 0.1) is 41.7 Å². The fraction of sp³-hybridized carbons (Fsp3) is 0. The molecule has 0 aliphatic rings. The molecule has 0 spiro atoms. The molecule has 1 radical (unpaired) electrons. The van der Waals surface area contributed by atoms with E-state index in [1.165, 1.54) is 0 Å². The van der Waals surface area contributed by atoms with E-state index in [1.807, 2.05) is 91.0 Å². The third-order valence-corrected chi connectivity index (χ3v) is 1.67. The maximum atomic E-state index is 2.00. The van der Waals surface area contributed by atoms with Crippen LogP contribution in [0.15, 0.2) is 91.0 Å². The average Bonchev–Trinajstić information content (AvgIpc) is 3.09. The van der Waals surface area contributed by atoms with Gasteiger partial charge in [-0.25, -0.2) is 36.4 Å². The van der Waals surface area contributed by atoms with Crippen molar-refractivity contribution in [1.29, 1.82) is 0 Å². The van der Waals surface area contributed by atoms with Crippen LogP contribution in [0.2, 0.25) is 0 Å². The molecule has 3 aromatic carbocycles. The third kappa shape index (κ3) is 9.96. The van der Waals surface area contributed by atoms with E-state index in [9.17, 15) is 0 Å². The first-order valence-corrected chi connectivity index (χ1v) is 5.00. The van der Waals surface area contributed by atoms with Gasteiger partial charge in [-0.3, -0.25) is 0 Å². The van der Waals surface area contributed by atoms with E-state index in [4.69, 9.17) is 0 Å². The molecular weight excluding hydrogens is 320 g/mol. The minimum Gasteiger partial charge on any atom is -0.214 e. The quantitative estimate of drug-likeness (QED) is 0.540. The molecule has 0 bridgehead atoms. The predicted molar refractivity (Wildman–Crippen MR) is 66.1 cm³/mol. The molecule has 0 aromatic heterocycles. The third-order valence-electron chi connectivity index (χ3n) is 1.67. The Morgan fingerprint density at radius 1 is 0.375 bits per heavy atom. The van der Waals surface area contributed by atoms with Gasteiger partial charge in [-0.1, -0.05) is 0 Å². The normalized spacial score (nSPS) is 7.50. The van der Waals surface area contributed by atoms with E-state index < -0.39 is 0 Å². The van der Waals surface area contributed by atoms with Crippen molar-refractivity contribution < 1.29 is 41.7 Å². The monoisotopic (exact) mass is 335 g/mol. The Balaban J connectivity index is 0.000000205. The largest absolute Gasteiger partial charge is 3.00 e. The Kier molecular flexibility index (Phi) is 12.0. The summed E-state index contributed by atoms with van der Waals surface area (Å²) >= 11 is 0. The Morgan fingerprint density at radius 3 is 0.625 bits per heavy atom. The van der Waals surface area contributed by atoms with E-state index in [0.717, 1.165) is 0 Å². The van der Waals surface area contributed by atoms with E-state index >= 15 is 0 Å². The number of hydrogen-bond acceptors (Lipinski definition) is 0. The molecule has 0 saturated carbocycles. The molecule has 0 amide bonds. The van der Waals surface area contributed by atoms with Gasteiger partial charge in [0, 0.05) is 0 Å². The Bertz CT molecular complexity index is 237. The van der Waals surface area contributed by atoms with Crippen LogP contribution in [0.1, 0.15) is 0 Å². The van der Waals surface area contributed by atoms with E-state index in [1.54, 1.807) is 0 Å². The summed E-state index contributed by atoms with van der Waals surface area (Å²) in [5, 5.41) is 0. The van der Waals surface area contributed by atoms with Gasteiger partial charge in [0.1, 0.15) is 0 Å². The zero-order chi connectivity index (χ0) is 10.6. The van der Waals surface area contributed by atoms with Crippen molar-refractivity contribution in [2.75, 3.05) is 0 Å². The smallest absolute Gasteiger partial charge is 0.214 e. The summed E-state index contributed by atoms with van der Waals surface area (Å²) in [6.07, 6.45) is 0. The molecule has 16 heavy (non-hydrogen) atoms. The molecule has 0 atom stereocenters. The van der Waals surface area contributed by atoms with E-state index in [0.29, 0.717) is 0 Å². The van der Waals surface area contributed by atoms with Crippen molar-refractivity contribution in [3.8, 4) is 0 Å². The second-order valence-electron chi connectivity index (χ2n) is 2.89. The summed E-state index contributed by atoms with van der Waals surface area (Å²) in [6.45, 7) is 0. The van der Waals surface area contributed by atoms with Crippen LogP contribution in [-0.2, 0) is 0 Å². The first-order valence-electron chi connectivity index (χ1n) is 5.00. The summed E-state index contributed by atoms with van der Waals surface area (Å²) in [7, 11) is 0. The van der Waals surface area contributed by atoms with Crippen LogP contribution in [0.5, 0.6) is 0 Å². The predicted octanol–water partition coefficient (Wildman–Crippen LogP) is 4.22. The molecule has 0 fully saturated rings. The van der Waals surface area contributed by atoms with Crippen molar-refractivity contribution >= 4 is 0 Å². The van der Waals surface area contributed by atoms with Crippen molar-refractivity contribution in [3.05, 3.63) is 91.0 Å². The number of rotatable bonds is 0. The van der Waals surface area contributed by atoms with Gasteiger partial charge in [-0.2, -0.15) is 54.6 Å². The number of hydrogen-bond donors (Lipinski definition) is 0. The van der Waals surface area contributed by atoms with Gasteiger partial charge < -0.3 is 0 Å². The van der Waals surface area contributed by atoms with Crippen molar-refractivity contribution in [3.63, 3.8) is 0 Å².